The van der Waals surface area contributed by atoms with Crippen LogP contribution in [0.15, 0.2) is 12.5 Å². The minimum absolute atomic E-state index is 0.0353. The van der Waals surface area contributed by atoms with Crippen LogP contribution in [-0.2, 0) is 17.2 Å². The van der Waals surface area contributed by atoms with Crippen molar-refractivity contribution in [2.24, 2.45) is 0 Å². The molecule has 0 unspecified atom stereocenters. The lowest BCUT2D eigenvalue weighted by Crippen LogP contribution is -2.42. The van der Waals surface area contributed by atoms with Crippen molar-refractivity contribution < 1.29 is 4.79 Å². The molecule has 4 nitrogen and oxygen atoms in total. The fourth-order valence-corrected chi connectivity index (χ4v) is 1.44. The topological polar surface area (TPSA) is 46.9 Å². The van der Waals surface area contributed by atoms with E-state index in [4.69, 9.17) is 11.6 Å². The van der Waals surface area contributed by atoms with Crippen molar-refractivity contribution in [3.8, 4) is 0 Å². The molecule has 1 amide bonds. The van der Waals surface area contributed by atoms with Gasteiger partial charge in [-0.2, -0.15) is 0 Å². The maximum atomic E-state index is 11.6. The van der Waals surface area contributed by atoms with Gasteiger partial charge >= 0.3 is 0 Å². The number of nitrogens with zero attached hydrogens (tertiary/aromatic N) is 2. The Morgan fingerprint density at radius 1 is 1.60 bits per heavy atom. The number of alkyl halides is 1. The third-order valence-corrected chi connectivity index (χ3v) is 2.04. The first-order chi connectivity index (χ1) is 6.92. The Bertz CT molecular complexity index is 341. The molecule has 0 aliphatic carbocycles. The summed E-state index contributed by atoms with van der Waals surface area (Å²) in [7, 11) is 0. The zero-order valence-corrected chi connectivity index (χ0v) is 10.0. The lowest BCUT2D eigenvalue weighted by atomic mass is 10.1. The molecule has 0 spiro atoms. The zero-order chi connectivity index (χ0) is 11.5. The molecular formula is C10H16ClN3O. The van der Waals surface area contributed by atoms with Gasteiger partial charge in [-0.3, -0.25) is 4.79 Å². The summed E-state index contributed by atoms with van der Waals surface area (Å²) in [6.45, 7) is 6.10. The molecule has 0 fully saturated rings. The van der Waals surface area contributed by atoms with Gasteiger partial charge in [0.05, 0.1) is 17.9 Å². The van der Waals surface area contributed by atoms with E-state index in [0.717, 1.165) is 5.69 Å². The van der Waals surface area contributed by atoms with E-state index in [-0.39, 0.29) is 18.0 Å². The van der Waals surface area contributed by atoms with Crippen LogP contribution < -0.4 is 5.32 Å². The second kappa shape index (κ2) is 4.66. The number of aromatic nitrogens is 2. The molecule has 0 aliphatic rings. The van der Waals surface area contributed by atoms with E-state index >= 15 is 0 Å². The molecule has 15 heavy (non-hydrogen) atoms. The summed E-state index contributed by atoms with van der Waals surface area (Å²) in [5.41, 5.74) is 0.638. The second-order valence-corrected chi connectivity index (χ2v) is 4.71. The average Bonchev–Trinajstić information content (AvgIpc) is 2.48. The van der Waals surface area contributed by atoms with Gasteiger partial charge in [0.15, 0.2) is 0 Å². The third kappa shape index (κ3) is 3.91. The van der Waals surface area contributed by atoms with Crippen LogP contribution in [0.4, 0.5) is 0 Å². The number of amides is 1. The van der Waals surface area contributed by atoms with Crippen LogP contribution in [0, 0.1) is 0 Å². The Hall–Kier alpha value is -1.03. The van der Waals surface area contributed by atoms with Crippen molar-refractivity contribution in [3.63, 3.8) is 0 Å². The van der Waals surface area contributed by atoms with E-state index in [1.807, 2.05) is 20.8 Å². The van der Waals surface area contributed by atoms with Crippen molar-refractivity contribution in [2.75, 3.05) is 0 Å². The predicted octanol–water partition coefficient (Wildman–Crippen LogP) is 1.54. The Balaban J connectivity index is 2.59. The van der Waals surface area contributed by atoms with E-state index in [1.54, 1.807) is 17.1 Å². The largest absolute Gasteiger partial charge is 0.350 e. The van der Waals surface area contributed by atoms with Gasteiger partial charge in [0, 0.05) is 11.7 Å². The smallest absolute Gasteiger partial charge is 0.240 e. The molecule has 0 atom stereocenters. The monoisotopic (exact) mass is 229 g/mol. The number of carbonyl (C=O) groups is 1. The molecule has 0 aliphatic heterocycles. The second-order valence-electron chi connectivity index (χ2n) is 4.44. The highest BCUT2D eigenvalue weighted by Crippen LogP contribution is 2.04. The van der Waals surface area contributed by atoms with Crippen molar-refractivity contribution in [3.05, 3.63) is 18.2 Å². The molecule has 84 valence electrons. The summed E-state index contributed by atoms with van der Waals surface area (Å²) in [5.74, 6) is 0.329. The van der Waals surface area contributed by atoms with Gasteiger partial charge in [0.25, 0.3) is 0 Å². The molecular weight excluding hydrogens is 214 g/mol. The van der Waals surface area contributed by atoms with Gasteiger partial charge in [-0.25, -0.2) is 4.98 Å². The van der Waals surface area contributed by atoms with Gasteiger partial charge in [-0.1, -0.05) is 0 Å². The van der Waals surface area contributed by atoms with Crippen LogP contribution in [0.5, 0.6) is 0 Å². The highest BCUT2D eigenvalue weighted by atomic mass is 35.5. The standard InChI is InChI=1S/C10H16ClN3O/c1-10(2,3)13-9(15)6-14-7-12-5-8(14)4-11/h5,7H,4,6H2,1-3H3,(H,13,15). The SMILES string of the molecule is CC(C)(C)NC(=O)Cn1cncc1CCl. The minimum Gasteiger partial charge on any atom is -0.350 e. The van der Waals surface area contributed by atoms with Gasteiger partial charge in [0.2, 0.25) is 5.91 Å². The minimum atomic E-state index is -0.210. The van der Waals surface area contributed by atoms with Gasteiger partial charge in [0.1, 0.15) is 6.54 Å². The molecule has 1 N–H and O–H groups in total. The molecule has 1 aromatic heterocycles. The predicted molar refractivity (Wildman–Crippen MR) is 59.7 cm³/mol. The third-order valence-electron chi connectivity index (χ3n) is 1.76. The number of imidazole rings is 1. The Morgan fingerprint density at radius 2 is 2.27 bits per heavy atom. The van der Waals surface area contributed by atoms with Crippen LogP contribution in [0.25, 0.3) is 0 Å². The Morgan fingerprint density at radius 3 is 2.80 bits per heavy atom. The van der Waals surface area contributed by atoms with E-state index in [9.17, 15) is 4.79 Å². The number of hydrogen-bond acceptors (Lipinski definition) is 2. The molecule has 0 saturated carbocycles. The number of nitrogens with one attached hydrogen (secondary N) is 1. The van der Waals surface area contributed by atoms with E-state index in [0.29, 0.717) is 5.88 Å². The highest BCUT2D eigenvalue weighted by Gasteiger charge is 2.14. The first-order valence-electron chi connectivity index (χ1n) is 4.78. The van der Waals surface area contributed by atoms with Gasteiger partial charge in [-0.05, 0) is 20.8 Å². The average molecular weight is 230 g/mol. The summed E-state index contributed by atoms with van der Waals surface area (Å²) in [6.07, 6.45) is 3.28. The number of carbonyl (C=O) groups excluding carboxylic acids is 1. The molecule has 1 rings (SSSR count). The van der Waals surface area contributed by atoms with Crippen LogP contribution in [0.3, 0.4) is 0 Å². The van der Waals surface area contributed by atoms with Crippen LogP contribution in [0.2, 0.25) is 0 Å². The molecule has 0 aromatic carbocycles. The Kier molecular flexibility index (Phi) is 3.74. The van der Waals surface area contributed by atoms with E-state index in [1.165, 1.54) is 0 Å². The normalized spacial score (nSPS) is 11.5. The lowest BCUT2D eigenvalue weighted by molar-refractivity contribution is -0.123. The summed E-state index contributed by atoms with van der Waals surface area (Å²) in [5, 5.41) is 2.88. The van der Waals surface area contributed by atoms with Gasteiger partial charge < -0.3 is 9.88 Å². The molecule has 1 heterocycles. The van der Waals surface area contributed by atoms with Crippen LogP contribution >= 0.6 is 11.6 Å². The number of rotatable bonds is 3. The van der Waals surface area contributed by atoms with Crippen LogP contribution in [-0.4, -0.2) is 21.0 Å². The van der Waals surface area contributed by atoms with Crippen molar-refractivity contribution >= 4 is 17.5 Å². The van der Waals surface area contributed by atoms with E-state index in [2.05, 4.69) is 10.3 Å². The maximum Gasteiger partial charge on any atom is 0.240 e. The zero-order valence-electron chi connectivity index (χ0n) is 9.25. The molecule has 0 radical (unpaired) electrons. The molecule has 5 heteroatoms. The molecule has 0 saturated heterocycles. The first kappa shape index (κ1) is 12.0. The summed E-state index contributed by atoms with van der Waals surface area (Å²) in [4.78, 5) is 15.5. The summed E-state index contributed by atoms with van der Waals surface area (Å²) < 4.78 is 1.74. The van der Waals surface area contributed by atoms with Crippen molar-refractivity contribution in [1.29, 1.82) is 0 Å². The van der Waals surface area contributed by atoms with Crippen molar-refractivity contribution in [2.45, 2.75) is 38.7 Å². The quantitative estimate of drug-likeness (QED) is 0.800. The number of halogens is 1. The number of hydrogen-bond donors (Lipinski definition) is 1. The summed E-state index contributed by atoms with van der Waals surface area (Å²) >= 11 is 5.70. The maximum absolute atomic E-state index is 11.6. The lowest BCUT2D eigenvalue weighted by Gasteiger charge is -2.20. The first-order valence-corrected chi connectivity index (χ1v) is 5.32. The molecule has 0 bridgehead atoms. The van der Waals surface area contributed by atoms with Gasteiger partial charge in [-0.15, -0.1) is 11.6 Å². The summed E-state index contributed by atoms with van der Waals surface area (Å²) in [6, 6.07) is 0. The van der Waals surface area contributed by atoms with E-state index < -0.39 is 0 Å². The van der Waals surface area contributed by atoms with Crippen molar-refractivity contribution in [1.82, 2.24) is 14.9 Å². The Labute approximate surface area is 94.6 Å². The fraction of sp³-hybridized carbons (Fsp3) is 0.600. The van der Waals surface area contributed by atoms with Crippen LogP contribution in [0.1, 0.15) is 26.5 Å². The fourth-order valence-electron chi connectivity index (χ4n) is 1.21. The highest BCUT2D eigenvalue weighted by molar-refractivity contribution is 6.16. The molecule has 1 aromatic rings.